The minimum absolute atomic E-state index is 0.138. The van der Waals surface area contributed by atoms with Crippen molar-refractivity contribution < 1.29 is 45.2 Å². The fourth-order valence-electron chi connectivity index (χ4n) is 2.93. The van der Waals surface area contributed by atoms with Gasteiger partial charge >= 0.3 is 0 Å². The molecule has 0 amide bonds. The zero-order valence-corrected chi connectivity index (χ0v) is 15.2. The first-order chi connectivity index (χ1) is 13.8. The van der Waals surface area contributed by atoms with Gasteiger partial charge in [-0.05, 0) is 11.6 Å². The van der Waals surface area contributed by atoms with Gasteiger partial charge in [0, 0.05) is 5.56 Å². The van der Waals surface area contributed by atoms with Crippen LogP contribution < -0.4 is 4.74 Å². The maximum absolute atomic E-state index is 10.2. The Kier molecular flexibility index (Phi) is 6.26. The number of aliphatic hydroxyl groups excluding tert-OH is 4. The molecular formula is C20H22O9. The van der Waals surface area contributed by atoms with Crippen LogP contribution in [-0.2, 0) is 4.74 Å². The average Bonchev–Trinajstić information content (AvgIpc) is 2.73. The first-order valence-corrected chi connectivity index (χ1v) is 8.81. The van der Waals surface area contributed by atoms with Crippen molar-refractivity contribution in [2.24, 2.45) is 0 Å². The predicted octanol–water partition coefficient (Wildman–Crippen LogP) is 0.152. The molecule has 29 heavy (non-hydrogen) atoms. The average molecular weight is 406 g/mol. The molecule has 0 bridgehead atoms. The van der Waals surface area contributed by atoms with E-state index in [2.05, 4.69) is 0 Å². The van der Waals surface area contributed by atoms with Gasteiger partial charge in [0.1, 0.15) is 24.4 Å². The topological polar surface area (TPSA) is 160 Å². The highest BCUT2D eigenvalue weighted by Crippen LogP contribution is 2.46. The molecule has 0 aromatic heterocycles. The van der Waals surface area contributed by atoms with Gasteiger partial charge in [0.05, 0.1) is 6.61 Å². The number of aromatic hydroxyl groups is 3. The van der Waals surface area contributed by atoms with Crippen molar-refractivity contribution in [1.29, 1.82) is 0 Å². The van der Waals surface area contributed by atoms with Crippen LogP contribution in [0.3, 0.4) is 0 Å². The summed E-state index contributed by atoms with van der Waals surface area (Å²) in [7, 11) is 0. The molecule has 0 aliphatic carbocycles. The maximum Gasteiger partial charge on any atom is 0.229 e. The third-order valence-corrected chi connectivity index (χ3v) is 4.57. The van der Waals surface area contributed by atoms with Gasteiger partial charge in [0.15, 0.2) is 11.5 Å². The molecule has 3 rings (SSSR count). The molecule has 1 aliphatic heterocycles. The second kappa shape index (κ2) is 8.68. The lowest BCUT2D eigenvalue weighted by Gasteiger charge is -2.39. The number of rotatable bonds is 5. The highest BCUT2D eigenvalue weighted by Gasteiger charge is 2.45. The molecule has 1 saturated heterocycles. The quantitative estimate of drug-likeness (QED) is 0.271. The Labute approximate surface area is 165 Å². The van der Waals surface area contributed by atoms with Crippen LogP contribution in [0, 0.1) is 0 Å². The molecule has 156 valence electrons. The normalized spacial score (nSPS) is 27.2. The molecule has 9 heteroatoms. The summed E-state index contributed by atoms with van der Waals surface area (Å²) in [6, 6.07) is 10.2. The molecule has 9 nitrogen and oxygen atoms in total. The van der Waals surface area contributed by atoms with E-state index in [9.17, 15) is 35.7 Å². The van der Waals surface area contributed by atoms with Crippen molar-refractivity contribution in [3.63, 3.8) is 0 Å². The molecule has 2 aromatic rings. The lowest BCUT2D eigenvalue weighted by molar-refractivity contribution is -0.277. The number of ether oxygens (including phenoxy) is 2. The summed E-state index contributed by atoms with van der Waals surface area (Å²) in [5, 5.41) is 69.1. The Balaban J connectivity index is 1.95. The third kappa shape index (κ3) is 4.29. The number of benzene rings is 2. The number of phenolic OH excluding ortho intramolecular Hbond substituents is 3. The van der Waals surface area contributed by atoms with Gasteiger partial charge in [0.2, 0.25) is 17.8 Å². The van der Waals surface area contributed by atoms with Crippen LogP contribution in [-0.4, -0.2) is 73.1 Å². The highest BCUT2D eigenvalue weighted by atomic mass is 16.7. The Morgan fingerprint density at radius 2 is 1.59 bits per heavy atom. The van der Waals surface area contributed by atoms with Crippen LogP contribution in [0.4, 0.5) is 0 Å². The molecule has 0 spiro atoms. The van der Waals surface area contributed by atoms with Crippen LogP contribution in [0.15, 0.2) is 36.4 Å². The van der Waals surface area contributed by atoms with Gasteiger partial charge in [-0.1, -0.05) is 42.5 Å². The monoisotopic (exact) mass is 406 g/mol. The second-order valence-corrected chi connectivity index (χ2v) is 6.57. The van der Waals surface area contributed by atoms with E-state index in [1.54, 1.807) is 6.08 Å². The molecule has 7 N–H and O–H groups in total. The van der Waals surface area contributed by atoms with Gasteiger partial charge in [-0.2, -0.15) is 0 Å². The van der Waals surface area contributed by atoms with E-state index >= 15 is 0 Å². The minimum atomic E-state index is -1.71. The van der Waals surface area contributed by atoms with Crippen LogP contribution >= 0.6 is 0 Å². The smallest absolute Gasteiger partial charge is 0.229 e. The summed E-state index contributed by atoms with van der Waals surface area (Å²) in [4.78, 5) is 0. The van der Waals surface area contributed by atoms with E-state index in [1.807, 2.05) is 30.3 Å². The van der Waals surface area contributed by atoms with Gasteiger partial charge in [0.25, 0.3) is 0 Å². The van der Waals surface area contributed by atoms with E-state index in [1.165, 1.54) is 6.08 Å². The zero-order chi connectivity index (χ0) is 21.1. The number of aliphatic hydroxyl groups is 4. The molecule has 2 aromatic carbocycles. The summed E-state index contributed by atoms with van der Waals surface area (Å²) >= 11 is 0. The van der Waals surface area contributed by atoms with Gasteiger partial charge in [-0.3, -0.25) is 0 Å². The SMILES string of the molecule is OC[C@@H]1O[C@H](Oc2c(C=Cc3ccccc3)cc(O)c(O)c2O)[C@@H](O)[C@H](O)[C@H]1O. The minimum Gasteiger partial charge on any atom is -0.504 e. The van der Waals surface area contributed by atoms with Crippen molar-refractivity contribution in [3.05, 3.63) is 47.5 Å². The highest BCUT2D eigenvalue weighted by molar-refractivity contribution is 5.77. The summed E-state index contributed by atoms with van der Waals surface area (Å²) in [5.74, 6) is -2.59. The first-order valence-electron chi connectivity index (χ1n) is 8.81. The van der Waals surface area contributed by atoms with E-state index in [-0.39, 0.29) is 11.3 Å². The fourth-order valence-corrected chi connectivity index (χ4v) is 2.93. The fraction of sp³-hybridized carbons (Fsp3) is 0.300. The van der Waals surface area contributed by atoms with Crippen LogP contribution in [0.5, 0.6) is 23.0 Å². The molecule has 5 atom stereocenters. The molecule has 0 saturated carbocycles. The van der Waals surface area contributed by atoms with E-state index in [0.717, 1.165) is 11.6 Å². The second-order valence-electron chi connectivity index (χ2n) is 6.57. The number of phenols is 3. The number of hydrogen-bond donors (Lipinski definition) is 7. The zero-order valence-electron chi connectivity index (χ0n) is 15.2. The molecule has 1 heterocycles. The van der Waals surface area contributed by atoms with Gasteiger partial charge < -0.3 is 45.2 Å². The van der Waals surface area contributed by atoms with E-state index in [4.69, 9.17) is 9.47 Å². The number of hydrogen-bond acceptors (Lipinski definition) is 9. The summed E-state index contributed by atoms with van der Waals surface area (Å²) < 4.78 is 10.7. The molecule has 1 aliphatic rings. The Morgan fingerprint density at radius 1 is 0.897 bits per heavy atom. The van der Waals surface area contributed by atoms with Crippen molar-refractivity contribution >= 4 is 12.2 Å². The van der Waals surface area contributed by atoms with Gasteiger partial charge in [-0.25, -0.2) is 0 Å². The van der Waals surface area contributed by atoms with Crippen molar-refractivity contribution in [3.8, 4) is 23.0 Å². The predicted molar refractivity (Wildman–Crippen MR) is 101 cm³/mol. The summed E-state index contributed by atoms with van der Waals surface area (Å²) in [5.41, 5.74) is 0.942. The lowest BCUT2D eigenvalue weighted by atomic mass is 9.99. The molecule has 0 radical (unpaired) electrons. The molecular weight excluding hydrogens is 384 g/mol. The Hall–Kier alpha value is -2.82. The maximum atomic E-state index is 10.2. The van der Waals surface area contributed by atoms with Crippen LogP contribution in [0.25, 0.3) is 12.2 Å². The standard InChI is InChI=1S/C20H22O9/c21-9-13-15(24)16(25)18(27)20(28-13)29-19-11(8-12(22)14(23)17(19)26)7-6-10-4-2-1-3-5-10/h1-8,13,15-16,18,20-27H,9H2/t13-,15-,16+,18-,20+/m0/s1. The molecule has 1 fully saturated rings. The first kappa shape index (κ1) is 20.9. The van der Waals surface area contributed by atoms with Gasteiger partial charge in [-0.15, -0.1) is 0 Å². The largest absolute Gasteiger partial charge is 0.504 e. The molecule has 0 unspecified atom stereocenters. The Morgan fingerprint density at radius 3 is 2.24 bits per heavy atom. The third-order valence-electron chi connectivity index (χ3n) is 4.57. The van der Waals surface area contributed by atoms with E-state index < -0.39 is 54.6 Å². The lowest BCUT2D eigenvalue weighted by Crippen LogP contribution is -2.60. The van der Waals surface area contributed by atoms with E-state index in [0.29, 0.717) is 0 Å². The van der Waals surface area contributed by atoms with Crippen molar-refractivity contribution in [2.75, 3.05) is 6.61 Å². The summed E-state index contributed by atoms with van der Waals surface area (Å²) in [6.07, 6.45) is -4.61. The van der Waals surface area contributed by atoms with Crippen molar-refractivity contribution in [1.82, 2.24) is 0 Å². The van der Waals surface area contributed by atoms with Crippen LogP contribution in [0.1, 0.15) is 11.1 Å². The van der Waals surface area contributed by atoms with Crippen molar-refractivity contribution in [2.45, 2.75) is 30.7 Å². The Bertz CT molecular complexity index is 866. The summed E-state index contributed by atoms with van der Waals surface area (Å²) in [6.45, 7) is -0.654. The van der Waals surface area contributed by atoms with Crippen LogP contribution in [0.2, 0.25) is 0 Å².